The van der Waals surface area contributed by atoms with Crippen LogP contribution in [0.15, 0.2) is 18.2 Å². The van der Waals surface area contributed by atoms with E-state index in [1.807, 2.05) is 13.8 Å². The van der Waals surface area contributed by atoms with Gasteiger partial charge in [0.2, 0.25) is 0 Å². The molecule has 1 rings (SSSR count). The number of pyridine rings is 1. The second-order valence-electron chi connectivity index (χ2n) is 4.25. The van der Waals surface area contributed by atoms with Crippen LogP contribution in [-0.2, 0) is 0 Å². The van der Waals surface area contributed by atoms with Gasteiger partial charge in [-0.05, 0) is 32.9 Å². The molecule has 1 heterocycles. The molecule has 1 aromatic rings. The van der Waals surface area contributed by atoms with E-state index in [-0.39, 0.29) is 23.6 Å². The fraction of sp³-hybridized carbons (Fsp3) is 0.500. The van der Waals surface area contributed by atoms with E-state index in [4.69, 9.17) is 11.6 Å². The van der Waals surface area contributed by atoms with Gasteiger partial charge in [0.1, 0.15) is 10.8 Å². The van der Waals surface area contributed by atoms with Crippen molar-refractivity contribution in [1.82, 2.24) is 9.88 Å². The number of aliphatic hydroxyl groups is 1. The summed E-state index contributed by atoms with van der Waals surface area (Å²) < 4.78 is 0. The molecule has 1 amide bonds. The Hall–Kier alpha value is -1.13. The van der Waals surface area contributed by atoms with Gasteiger partial charge < -0.3 is 10.0 Å². The van der Waals surface area contributed by atoms with Gasteiger partial charge in [-0.25, -0.2) is 4.98 Å². The number of carbonyl (C=O) groups is 1. The van der Waals surface area contributed by atoms with Gasteiger partial charge in [-0.3, -0.25) is 4.79 Å². The largest absolute Gasteiger partial charge is 0.392 e. The summed E-state index contributed by atoms with van der Waals surface area (Å²) in [7, 11) is 0. The van der Waals surface area contributed by atoms with Crippen molar-refractivity contribution in [3.63, 3.8) is 0 Å². The Morgan fingerprint density at radius 3 is 2.59 bits per heavy atom. The van der Waals surface area contributed by atoms with Crippen LogP contribution in [0.3, 0.4) is 0 Å². The molecule has 0 saturated heterocycles. The van der Waals surface area contributed by atoms with E-state index in [0.29, 0.717) is 5.69 Å². The molecule has 1 unspecified atom stereocenters. The van der Waals surface area contributed by atoms with Crippen molar-refractivity contribution in [2.75, 3.05) is 6.54 Å². The van der Waals surface area contributed by atoms with Crippen molar-refractivity contribution in [1.29, 1.82) is 0 Å². The average Bonchev–Trinajstić information content (AvgIpc) is 2.24. The van der Waals surface area contributed by atoms with Crippen LogP contribution in [0.4, 0.5) is 0 Å². The minimum Gasteiger partial charge on any atom is -0.392 e. The predicted molar refractivity (Wildman–Crippen MR) is 67.1 cm³/mol. The lowest BCUT2D eigenvalue weighted by molar-refractivity contribution is 0.0573. The zero-order chi connectivity index (χ0) is 13.0. The number of halogens is 1. The first-order valence-corrected chi connectivity index (χ1v) is 5.91. The van der Waals surface area contributed by atoms with Crippen molar-refractivity contribution in [3.8, 4) is 0 Å². The highest BCUT2D eigenvalue weighted by Gasteiger charge is 2.21. The molecule has 0 fully saturated rings. The minimum absolute atomic E-state index is 0.00196. The number of aromatic nitrogens is 1. The summed E-state index contributed by atoms with van der Waals surface area (Å²) in [6, 6.07) is 4.92. The molecular formula is C12H17ClN2O2. The highest BCUT2D eigenvalue weighted by molar-refractivity contribution is 6.29. The maximum Gasteiger partial charge on any atom is 0.272 e. The van der Waals surface area contributed by atoms with Crippen LogP contribution in [0.25, 0.3) is 0 Å². The van der Waals surface area contributed by atoms with Gasteiger partial charge in [0.05, 0.1) is 6.10 Å². The molecular weight excluding hydrogens is 240 g/mol. The normalized spacial score (nSPS) is 12.6. The Labute approximate surface area is 106 Å². The van der Waals surface area contributed by atoms with Crippen molar-refractivity contribution in [2.24, 2.45) is 0 Å². The molecule has 0 radical (unpaired) electrons. The molecule has 0 aliphatic carbocycles. The smallest absolute Gasteiger partial charge is 0.272 e. The molecule has 4 nitrogen and oxygen atoms in total. The summed E-state index contributed by atoms with van der Waals surface area (Å²) >= 11 is 5.75. The summed E-state index contributed by atoms with van der Waals surface area (Å²) in [6.07, 6.45) is -0.569. The first-order chi connectivity index (χ1) is 7.91. The Balaban J connectivity index is 2.92. The second kappa shape index (κ2) is 5.98. The quantitative estimate of drug-likeness (QED) is 0.838. The van der Waals surface area contributed by atoms with Gasteiger partial charge in [-0.1, -0.05) is 17.7 Å². The van der Waals surface area contributed by atoms with E-state index in [1.165, 1.54) is 0 Å². The summed E-state index contributed by atoms with van der Waals surface area (Å²) in [6.45, 7) is 5.72. The van der Waals surface area contributed by atoms with Crippen molar-refractivity contribution in [2.45, 2.75) is 32.9 Å². The topological polar surface area (TPSA) is 53.4 Å². The standard InChI is InChI=1S/C12H17ClN2O2/c1-8(2)15(7-9(3)16)12(17)10-5-4-6-11(13)14-10/h4-6,8-9,16H,7H2,1-3H3. The lowest BCUT2D eigenvalue weighted by Gasteiger charge is -2.27. The molecule has 1 N–H and O–H groups in total. The third kappa shape index (κ3) is 3.98. The summed E-state index contributed by atoms with van der Waals surface area (Å²) in [4.78, 5) is 17.7. The van der Waals surface area contributed by atoms with Crippen molar-refractivity contribution in [3.05, 3.63) is 29.0 Å². The second-order valence-corrected chi connectivity index (χ2v) is 4.63. The van der Waals surface area contributed by atoms with E-state index >= 15 is 0 Å². The fourth-order valence-electron chi connectivity index (χ4n) is 1.49. The van der Waals surface area contributed by atoms with Crippen LogP contribution in [-0.4, -0.2) is 39.6 Å². The minimum atomic E-state index is -0.569. The lowest BCUT2D eigenvalue weighted by Crippen LogP contribution is -2.41. The number of aliphatic hydroxyl groups excluding tert-OH is 1. The van der Waals surface area contributed by atoms with Crippen LogP contribution < -0.4 is 0 Å². The maximum atomic E-state index is 12.2. The SMILES string of the molecule is CC(O)CN(C(=O)c1cccc(Cl)n1)C(C)C. The van der Waals surface area contributed by atoms with Gasteiger partial charge in [-0.2, -0.15) is 0 Å². The number of hydrogen-bond donors (Lipinski definition) is 1. The molecule has 17 heavy (non-hydrogen) atoms. The Kier molecular flexibility index (Phi) is 4.90. The van der Waals surface area contributed by atoms with Crippen LogP contribution in [0.1, 0.15) is 31.3 Å². The summed E-state index contributed by atoms with van der Waals surface area (Å²) in [5.41, 5.74) is 0.298. The molecule has 0 saturated carbocycles. The van der Waals surface area contributed by atoms with Crippen LogP contribution >= 0.6 is 11.6 Å². The Bertz CT molecular complexity index is 394. The zero-order valence-corrected chi connectivity index (χ0v) is 11.0. The van der Waals surface area contributed by atoms with Crippen LogP contribution in [0, 0.1) is 0 Å². The molecule has 5 heteroatoms. The molecule has 0 spiro atoms. The lowest BCUT2D eigenvalue weighted by atomic mass is 10.2. The predicted octanol–water partition coefficient (Wildman–Crippen LogP) is 1.97. The van der Waals surface area contributed by atoms with E-state index < -0.39 is 6.10 Å². The number of carbonyl (C=O) groups excluding carboxylic acids is 1. The molecule has 0 bridgehead atoms. The van der Waals surface area contributed by atoms with Crippen LogP contribution in [0.2, 0.25) is 5.15 Å². The Morgan fingerprint density at radius 1 is 1.47 bits per heavy atom. The van der Waals surface area contributed by atoms with Gasteiger partial charge >= 0.3 is 0 Å². The number of nitrogens with zero attached hydrogens (tertiary/aromatic N) is 2. The van der Waals surface area contributed by atoms with E-state index in [9.17, 15) is 9.90 Å². The van der Waals surface area contributed by atoms with Crippen molar-refractivity contribution < 1.29 is 9.90 Å². The molecule has 0 aliphatic rings. The summed E-state index contributed by atoms with van der Waals surface area (Å²) in [5.74, 6) is -0.219. The first kappa shape index (κ1) is 13.9. The zero-order valence-electron chi connectivity index (χ0n) is 10.2. The third-order valence-electron chi connectivity index (χ3n) is 2.28. The molecule has 1 aromatic heterocycles. The molecule has 0 aromatic carbocycles. The van der Waals surface area contributed by atoms with E-state index in [0.717, 1.165) is 0 Å². The molecule has 1 atom stereocenters. The monoisotopic (exact) mass is 256 g/mol. The third-order valence-corrected chi connectivity index (χ3v) is 2.49. The Morgan fingerprint density at radius 2 is 2.12 bits per heavy atom. The highest BCUT2D eigenvalue weighted by Crippen LogP contribution is 2.10. The maximum absolute atomic E-state index is 12.2. The highest BCUT2D eigenvalue weighted by atomic mass is 35.5. The van der Waals surface area contributed by atoms with E-state index in [2.05, 4.69) is 4.98 Å². The van der Waals surface area contributed by atoms with Crippen molar-refractivity contribution >= 4 is 17.5 Å². The number of amides is 1. The average molecular weight is 257 g/mol. The van der Waals surface area contributed by atoms with Crippen LogP contribution in [0.5, 0.6) is 0 Å². The number of rotatable bonds is 4. The fourth-order valence-corrected chi connectivity index (χ4v) is 1.65. The molecule has 0 aliphatic heterocycles. The number of hydrogen-bond acceptors (Lipinski definition) is 3. The van der Waals surface area contributed by atoms with Gasteiger partial charge in [0.25, 0.3) is 5.91 Å². The first-order valence-electron chi connectivity index (χ1n) is 5.53. The van der Waals surface area contributed by atoms with Gasteiger partial charge in [0.15, 0.2) is 0 Å². The molecule has 94 valence electrons. The summed E-state index contributed by atoms with van der Waals surface area (Å²) in [5, 5.41) is 9.67. The van der Waals surface area contributed by atoms with Gasteiger partial charge in [0, 0.05) is 12.6 Å². The van der Waals surface area contributed by atoms with Gasteiger partial charge in [-0.15, -0.1) is 0 Å². The van der Waals surface area contributed by atoms with E-state index in [1.54, 1.807) is 30.0 Å².